The van der Waals surface area contributed by atoms with E-state index in [2.05, 4.69) is 45.5 Å². The molecule has 0 saturated heterocycles. The average molecular weight is 525 g/mol. The summed E-state index contributed by atoms with van der Waals surface area (Å²) in [4.78, 5) is 25.0. The number of carbonyl (C=O) groups excluding carboxylic acids is 1. The van der Waals surface area contributed by atoms with Crippen molar-refractivity contribution in [1.29, 1.82) is 0 Å². The van der Waals surface area contributed by atoms with Gasteiger partial charge in [0.15, 0.2) is 5.82 Å². The SMILES string of the molecule is Cc1cccc2cc(-c3nc(C4CCC(CNC(=O)OCc5ccccc5)CC4)n4nc(N)nc(N)c34)[nH]c12. The summed E-state index contributed by atoms with van der Waals surface area (Å²) in [5, 5.41) is 8.54. The number of fused-ring (bicyclic) bond motifs is 2. The number of amides is 1. The Morgan fingerprint density at radius 2 is 1.87 bits per heavy atom. The maximum absolute atomic E-state index is 12.2. The van der Waals surface area contributed by atoms with E-state index in [9.17, 15) is 4.79 Å². The van der Waals surface area contributed by atoms with Gasteiger partial charge in [-0.1, -0.05) is 48.5 Å². The number of alkyl carbamates (subject to hydrolysis) is 1. The first-order valence-electron chi connectivity index (χ1n) is 13.3. The van der Waals surface area contributed by atoms with Crippen molar-refractivity contribution in [1.82, 2.24) is 29.9 Å². The van der Waals surface area contributed by atoms with Crippen LogP contribution in [0.1, 0.15) is 48.6 Å². The highest BCUT2D eigenvalue weighted by atomic mass is 16.5. The zero-order valence-corrected chi connectivity index (χ0v) is 21.9. The highest BCUT2D eigenvalue weighted by Gasteiger charge is 2.29. The Kier molecular flexibility index (Phi) is 6.52. The number of H-pyrrole nitrogens is 1. The summed E-state index contributed by atoms with van der Waals surface area (Å²) in [5.41, 5.74) is 17.8. The lowest BCUT2D eigenvalue weighted by molar-refractivity contribution is 0.136. The second-order valence-corrected chi connectivity index (χ2v) is 10.3. The fourth-order valence-corrected chi connectivity index (χ4v) is 5.58. The van der Waals surface area contributed by atoms with Crippen LogP contribution in [0.25, 0.3) is 27.8 Å². The van der Waals surface area contributed by atoms with Gasteiger partial charge in [-0.25, -0.2) is 14.3 Å². The summed E-state index contributed by atoms with van der Waals surface area (Å²) in [5.74, 6) is 1.82. The second-order valence-electron chi connectivity index (χ2n) is 10.3. The fourth-order valence-electron chi connectivity index (χ4n) is 5.58. The lowest BCUT2D eigenvalue weighted by Crippen LogP contribution is -2.31. The number of nitrogen functional groups attached to an aromatic ring is 2. The maximum atomic E-state index is 12.2. The van der Waals surface area contributed by atoms with Gasteiger partial charge in [0, 0.05) is 23.4 Å². The fraction of sp³-hybridized carbons (Fsp3) is 0.310. The Hall–Kier alpha value is -4.60. The standard InChI is InChI=1S/C29H32N8O2/c1-17-6-5-9-21-14-22(33-23(17)21)24-25-26(30)35-28(31)36-37(25)27(34-24)20-12-10-18(11-13-20)15-32-29(38)39-16-19-7-3-2-4-8-19/h2-9,14,18,20,33H,10-13,15-16H2,1H3,(H,32,38)(H4,30,31,35,36). The number of carbonyl (C=O) groups is 1. The molecule has 0 radical (unpaired) electrons. The lowest BCUT2D eigenvalue weighted by atomic mass is 9.81. The molecule has 6 rings (SSSR count). The molecule has 6 N–H and O–H groups in total. The van der Waals surface area contributed by atoms with Gasteiger partial charge >= 0.3 is 6.09 Å². The third-order valence-corrected chi connectivity index (χ3v) is 7.64. The minimum atomic E-state index is -0.388. The summed E-state index contributed by atoms with van der Waals surface area (Å²) in [6.07, 6.45) is 3.35. The highest BCUT2D eigenvalue weighted by Crippen LogP contribution is 2.38. The van der Waals surface area contributed by atoms with Gasteiger partial charge in [-0.15, -0.1) is 5.10 Å². The van der Waals surface area contributed by atoms with Crippen LogP contribution in [0.2, 0.25) is 0 Å². The number of aromatic amines is 1. The molecular formula is C29H32N8O2. The third-order valence-electron chi connectivity index (χ3n) is 7.64. The van der Waals surface area contributed by atoms with Crippen molar-refractivity contribution in [3.8, 4) is 11.4 Å². The van der Waals surface area contributed by atoms with E-state index in [0.29, 0.717) is 23.8 Å². The average Bonchev–Trinajstić information content (AvgIpc) is 3.55. The number of hydrogen-bond acceptors (Lipinski definition) is 7. The van der Waals surface area contributed by atoms with Crippen LogP contribution in [0.15, 0.2) is 54.6 Å². The van der Waals surface area contributed by atoms with E-state index in [1.807, 2.05) is 36.4 Å². The van der Waals surface area contributed by atoms with Gasteiger partial charge in [0.25, 0.3) is 0 Å². The number of aromatic nitrogens is 5. The predicted octanol–water partition coefficient (Wildman–Crippen LogP) is 4.95. The van der Waals surface area contributed by atoms with E-state index in [4.69, 9.17) is 21.2 Å². The first-order chi connectivity index (χ1) is 19.0. The van der Waals surface area contributed by atoms with Crippen LogP contribution in [0, 0.1) is 12.8 Å². The summed E-state index contributed by atoms with van der Waals surface area (Å²) in [7, 11) is 0. The molecule has 200 valence electrons. The van der Waals surface area contributed by atoms with Crippen LogP contribution in [0.4, 0.5) is 16.6 Å². The molecule has 10 nitrogen and oxygen atoms in total. The number of benzene rings is 2. The molecule has 1 aliphatic rings. The third kappa shape index (κ3) is 4.97. The van der Waals surface area contributed by atoms with Gasteiger partial charge in [-0.3, -0.25) is 0 Å². The van der Waals surface area contributed by atoms with E-state index in [-0.39, 0.29) is 24.6 Å². The summed E-state index contributed by atoms with van der Waals surface area (Å²) < 4.78 is 7.12. The van der Waals surface area contributed by atoms with Crippen LogP contribution in [-0.2, 0) is 11.3 Å². The van der Waals surface area contributed by atoms with Crippen LogP contribution in [0.5, 0.6) is 0 Å². The number of nitrogens with zero attached hydrogens (tertiary/aromatic N) is 4. The molecule has 1 amide bonds. The van der Waals surface area contributed by atoms with Gasteiger partial charge < -0.3 is 26.5 Å². The number of hydrogen-bond donors (Lipinski definition) is 4. The first-order valence-corrected chi connectivity index (χ1v) is 13.3. The molecule has 2 aromatic carbocycles. The van der Waals surface area contributed by atoms with E-state index in [0.717, 1.165) is 64.9 Å². The van der Waals surface area contributed by atoms with Crippen LogP contribution in [0.3, 0.4) is 0 Å². The van der Waals surface area contributed by atoms with Crippen LogP contribution >= 0.6 is 0 Å². The molecule has 0 unspecified atom stereocenters. The van der Waals surface area contributed by atoms with Crippen molar-refractivity contribution in [3.05, 3.63) is 71.5 Å². The smallest absolute Gasteiger partial charge is 0.407 e. The Balaban J connectivity index is 1.17. The number of ether oxygens (including phenoxy) is 1. The molecule has 1 aliphatic carbocycles. The summed E-state index contributed by atoms with van der Waals surface area (Å²) in [6, 6.07) is 17.9. The van der Waals surface area contributed by atoms with Gasteiger partial charge in [0.2, 0.25) is 5.95 Å². The molecule has 1 saturated carbocycles. The zero-order valence-electron chi connectivity index (χ0n) is 21.9. The Labute approximate surface area is 225 Å². The molecule has 3 heterocycles. The number of aryl methyl sites for hydroxylation is 1. The number of nitrogens with two attached hydrogens (primary N) is 2. The van der Waals surface area contributed by atoms with E-state index < -0.39 is 0 Å². The number of para-hydroxylation sites is 1. The Morgan fingerprint density at radius 3 is 2.64 bits per heavy atom. The largest absolute Gasteiger partial charge is 0.445 e. The summed E-state index contributed by atoms with van der Waals surface area (Å²) in [6.45, 7) is 2.93. The molecule has 5 aromatic rings. The monoisotopic (exact) mass is 524 g/mol. The van der Waals surface area contributed by atoms with Crippen molar-refractivity contribution >= 4 is 34.3 Å². The predicted molar refractivity (Wildman–Crippen MR) is 151 cm³/mol. The minimum absolute atomic E-state index is 0.115. The van der Waals surface area contributed by atoms with Gasteiger partial charge in [0.05, 0.1) is 5.69 Å². The molecule has 39 heavy (non-hydrogen) atoms. The highest BCUT2D eigenvalue weighted by molar-refractivity contribution is 5.92. The molecular weight excluding hydrogens is 492 g/mol. The zero-order chi connectivity index (χ0) is 26.9. The Morgan fingerprint density at radius 1 is 1.08 bits per heavy atom. The molecule has 0 bridgehead atoms. The quantitative estimate of drug-likeness (QED) is 0.246. The molecule has 0 aliphatic heterocycles. The number of rotatable bonds is 6. The van der Waals surface area contributed by atoms with Crippen LogP contribution in [-0.4, -0.2) is 37.2 Å². The van der Waals surface area contributed by atoms with Crippen LogP contribution < -0.4 is 16.8 Å². The van der Waals surface area contributed by atoms with Crippen molar-refractivity contribution in [2.24, 2.45) is 5.92 Å². The minimum Gasteiger partial charge on any atom is -0.445 e. The first kappa shape index (κ1) is 24.7. The van der Waals surface area contributed by atoms with Crippen molar-refractivity contribution in [2.45, 2.75) is 45.1 Å². The molecule has 3 aromatic heterocycles. The van der Waals surface area contributed by atoms with Gasteiger partial charge in [0.1, 0.15) is 23.6 Å². The van der Waals surface area contributed by atoms with Gasteiger partial charge in [-0.05, 0) is 55.7 Å². The van der Waals surface area contributed by atoms with E-state index in [1.165, 1.54) is 0 Å². The molecule has 0 spiro atoms. The molecule has 1 fully saturated rings. The van der Waals surface area contributed by atoms with Crippen molar-refractivity contribution in [3.63, 3.8) is 0 Å². The van der Waals surface area contributed by atoms with Crippen molar-refractivity contribution < 1.29 is 9.53 Å². The van der Waals surface area contributed by atoms with Crippen molar-refractivity contribution in [2.75, 3.05) is 18.0 Å². The molecule has 10 heteroatoms. The number of nitrogens with one attached hydrogen (secondary N) is 2. The number of anilines is 2. The van der Waals surface area contributed by atoms with Gasteiger partial charge in [-0.2, -0.15) is 4.98 Å². The van der Waals surface area contributed by atoms with E-state index >= 15 is 0 Å². The lowest BCUT2D eigenvalue weighted by Gasteiger charge is -2.27. The topological polar surface area (TPSA) is 149 Å². The molecule has 0 atom stereocenters. The second kappa shape index (κ2) is 10.3. The number of imidazole rings is 1. The maximum Gasteiger partial charge on any atom is 0.407 e. The summed E-state index contributed by atoms with van der Waals surface area (Å²) >= 11 is 0. The Bertz CT molecular complexity index is 1630. The normalized spacial score (nSPS) is 17.5. The van der Waals surface area contributed by atoms with E-state index in [1.54, 1.807) is 4.52 Å².